The van der Waals surface area contributed by atoms with Gasteiger partial charge >= 0.3 is 0 Å². The van der Waals surface area contributed by atoms with Gasteiger partial charge in [0.1, 0.15) is 6.61 Å². The van der Waals surface area contributed by atoms with Crippen molar-refractivity contribution in [2.75, 3.05) is 13.2 Å². The van der Waals surface area contributed by atoms with Crippen molar-refractivity contribution < 1.29 is 9.53 Å². The fraction of sp³-hybridized carbons (Fsp3) is 0.0909. The number of para-hydroxylation sites is 1. The molecule has 3 heterocycles. The molecule has 0 unspecified atom stereocenters. The summed E-state index contributed by atoms with van der Waals surface area (Å²) < 4.78 is 7.37. The summed E-state index contributed by atoms with van der Waals surface area (Å²) in [4.78, 5) is 15.6. The number of nitrogens with zero attached hydrogens (tertiary/aromatic N) is 4. The first-order chi connectivity index (χ1) is 14.8. The number of aromatic nitrogens is 5. The molecule has 148 valence electrons. The Hall–Kier alpha value is -4.20. The lowest BCUT2D eigenvalue weighted by Gasteiger charge is -2.07. The van der Waals surface area contributed by atoms with Crippen LogP contribution in [0.25, 0.3) is 27.9 Å². The van der Waals surface area contributed by atoms with E-state index in [-0.39, 0.29) is 12.5 Å². The minimum Gasteiger partial charge on any atom is -0.475 e. The fourth-order valence-corrected chi connectivity index (χ4v) is 3.29. The summed E-state index contributed by atoms with van der Waals surface area (Å²) >= 11 is 0. The van der Waals surface area contributed by atoms with Crippen molar-refractivity contribution in [3.8, 4) is 17.3 Å². The maximum absolute atomic E-state index is 12.4. The average molecular weight is 398 g/mol. The number of hydrogen-bond acceptors (Lipinski definition) is 5. The number of carbonyl (C=O) groups excluding carboxylic acids is 1. The number of aromatic amines is 1. The third-order valence-electron chi connectivity index (χ3n) is 4.74. The minimum absolute atomic E-state index is 0.148. The molecule has 5 rings (SSSR count). The topological polar surface area (TPSA) is 97.2 Å². The van der Waals surface area contributed by atoms with Crippen LogP contribution in [0.1, 0.15) is 10.4 Å². The van der Waals surface area contributed by atoms with Crippen LogP contribution in [0.3, 0.4) is 0 Å². The van der Waals surface area contributed by atoms with Crippen molar-refractivity contribution in [1.29, 1.82) is 0 Å². The van der Waals surface area contributed by atoms with Gasteiger partial charge in [-0.15, -0.1) is 15.3 Å². The molecular weight excluding hydrogens is 380 g/mol. The molecule has 0 aliphatic heterocycles. The van der Waals surface area contributed by atoms with E-state index >= 15 is 0 Å². The van der Waals surface area contributed by atoms with Crippen molar-refractivity contribution in [3.63, 3.8) is 0 Å². The third kappa shape index (κ3) is 3.35. The van der Waals surface area contributed by atoms with Gasteiger partial charge in [0.15, 0.2) is 11.5 Å². The Morgan fingerprint density at radius 2 is 1.83 bits per heavy atom. The SMILES string of the molecule is O=C(NCCOc1ccc2nnc(-c3ccccc3)n2n1)c1c[nH]c2ccccc12. The predicted molar refractivity (Wildman–Crippen MR) is 112 cm³/mol. The zero-order chi connectivity index (χ0) is 20.3. The lowest BCUT2D eigenvalue weighted by Crippen LogP contribution is -2.28. The predicted octanol–water partition coefficient (Wildman–Crippen LogP) is 3.08. The van der Waals surface area contributed by atoms with E-state index in [4.69, 9.17) is 4.74 Å². The second-order valence-electron chi connectivity index (χ2n) is 6.68. The molecule has 0 radical (unpaired) electrons. The van der Waals surface area contributed by atoms with Gasteiger partial charge in [0.2, 0.25) is 5.88 Å². The monoisotopic (exact) mass is 398 g/mol. The van der Waals surface area contributed by atoms with Crippen LogP contribution in [0, 0.1) is 0 Å². The molecule has 8 heteroatoms. The quantitative estimate of drug-likeness (QED) is 0.429. The fourth-order valence-electron chi connectivity index (χ4n) is 3.29. The Morgan fingerprint density at radius 3 is 2.73 bits per heavy atom. The first-order valence-corrected chi connectivity index (χ1v) is 9.54. The highest BCUT2D eigenvalue weighted by molar-refractivity contribution is 6.06. The summed E-state index contributed by atoms with van der Waals surface area (Å²) in [7, 11) is 0. The van der Waals surface area contributed by atoms with Gasteiger partial charge in [-0.3, -0.25) is 4.79 Å². The number of fused-ring (bicyclic) bond motifs is 2. The smallest absolute Gasteiger partial charge is 0.253 e. The molecule has 0 spiro atoms. The van der Waals surface area contributed by atoms with E-state index in [1.165, 1.54) is 0 Å². The largest absolute Gasteiger partial charge is 0.475 e. The van der Waals surface area contributed by atoms with Gasteiger partial charge in [0.05, 0.1) is 12.1 Å². The van der Waals surface area contributed by atoms with Crippen LogP contribution in [-0.2, 0) is 0 Å². The van der Waals surface area contributed by atoms with Crippen molar-refractivity contribution >= 4 is 22.5 Å². The van der Waals surface area contributed by atoms with E-state index in [0.717, 1.165) is 16.5 Å². The first kappa shape index (κ1) is 17.9. The maximum atomic E-state index is 12.4. The summed E-state index contributed by atoms with van der Waals surface area (Å²) in [5, 5.41) is 16.6. The van der Waals surface area contributed by atoms with Crippen LogP contribution in [0.15, 0.2) is 72.9 Å². The summed E-state index contributed by atoms with van der Waals surface area (Å²) in [5.41, 5.74) is 3.09. The number of hydrogen-bond donors (Lipinski definition) is 2. The van der Waals surface area contributed by atoms with Crippen molar-refractivity contribution in [2.45, 2.75) is 0 Å². The third-order valence-corrected chi connectivity index (χ3v) is 4.74. The van der Waals surface area contributed by atoms with Crippen LogP contribution in [0.5, 0.6) is 5.88 Å². The lowest BCUT2D eigenvalue weighted by molar-refractivity contribution is 0.0948. The van der Waals surface area contributed by atoms with Gasteiger partial charge in [-0.1, -0.05) is 48.5 Å². The lowest BCUT2D eigenvalue weighted by atomic mass is 10.1. The van der Waals surface area contributed by atoms with E-state index in [0.29, 0.717) is 29.5 Å². The summed E-state index contributed by atoms with van der Waals surface area (Å²) in [5.74, 6) is 0.925. The molecule has 0 aliphatic carbocycles. The van der Waals surface area contributed by atoms with Gasteiger partial charge in [0, 0.05) is 28.7 Å². The molecule has 8 nitrogen and oxygen atoms in total. The molecule has 3 aromatic heterocycles. The van der Waals surface area contributed by atoms with Crippen molar-refractivity contribution in [1.82, 2.24) is 30.1 Å². The number of rotatable bonds is 6. The minimum atomic E-state index is -0.148. The molecule has 0 saturated carbocycles. The van der Waals surface area contributed by atoms with Crippen LogP contribution in [0.4, 0.5) is 0 Å². The van der Waals surface area contributed by atoms with Crippen LogP contribution >= 0.6 is 0 Å². The molecule has 30 heavy (non-hydrogen) atoms. The van der Waals surface area contributed by atoms with Crippen LogP contribution in [0.2, 0.25) is 0 Å². The number of nitrogens with one attached hydrogen (secondary N) is 2. The van der Waals surface area contributed by atoms with Gasteiger partial charge < -0.3 is 15.0 Å². The highest BCUT2D eigenvalue weighted by Gasteiger charge is 2.12. The second kappa shape index (κ2) is 7.67. The Labute approximate surface area is 171 Å². The number of benzene rings is 2. The second-order valence-corrected chi connectivity index (χ2v) is 6.68. The van der Waals surface area contributed by atoms with E-state index in [1.807, 2.05) is 54.6 Å². The van der Waals surface area contributed by atoms with Crippen LogP contribution in [-0.4, -0.2) is 43.9 Å². The highest BCUT2D eigenvalue weighted by atomic mass is 16.5. The van der Waals surface area contributed by atoms with Gasteiger partial charge in [-0.25, -0.2) is 0 Å². The molecule has 5 aromatic rings. The number of H-pyrrole nitrogens is 1. The molecule has 0 fully saturated rings. The number of carbonyl (C=O) groups is 1. The van der Waals surface area contributed by atoms with E-state index < -0.39 is 0 Å². The average Bonchev–Trinajstić information content (AvgIpc) is 3.41. The van der Waals surface area contributed by atoms with Crippen LogP contribution < -0.4 is 10.1 Å². The molecule has 0 aliphatic rings. The standard InChI is InChI=1S/C22H18N6O2/c29-22(17-14-24-18-9-5-4-8-16(17)18)23-12-13-30-20-11-10-19-25-26-21(28(19)27-20)15-6-2-1-3-7-15/h1-11,14,24H,12-13H2,(H,23,29). The van der Waals surface area contributed by atoms with Gasteiger partial charge in [-0.2, -0.15) is 4.52 Å². The number of amides is 1. The summed E-state index contributed by atoms with van der Waals surface area (Å²) in [6.45, 7) is 0.640. The van der Waals surface area contributed by atoms with Gasteiger partial charge in [0.25, 0.3) is 5.91 Å². The Bertz CT molecular complexity index is 1330. The van der Waals surface area contributed by atoms with E-state index in [2.05, 4.69) is 25.6 Å². The zero-order valence-electron chi connectivity index (χ0n) is 15.9. The Morgan fingerprint density at radius 1 is 1.00 bits per heavy atom. The van der Waals surface area contributed by atoms with E-state index in [1.54, 1.807) is 22.8 Å². The number of ether oxygens (including phenoxy) is 1. The summed E-state index contributed by atoms with van der Waals surface area (Å²) in [6.07, 6.45) is 1.72. The first-order valence-electron chi connectivity index (χ1n) is 9.54. The maximum Gasteiger partial charge on any atom is 0.253 e. The molecule has 2 N–H and O–H groups in total. The molecule has 2 aromatic carbocycles. The highest BCUT2D eigenvalue weighted by Crippen LogP contribution is 2.19. The molecule has 1 amide bonds. The van der Waals surface area contributed by atoms with Crippen molar-refractivity contribution in [3.05, 3.63) is 78.5 Å². The molecule has 0 saturated heterocycles. The van der Waals surface area contributed by atoms with E-state index in [9.17, 15) is 4.79 Å². The Balaban J connectivity index is 1.24. The van der Waals surface area contributed by atoms with Crippen molar-refractivity contribution in [2.24, 2.45) is 0 Å². The normalized spacial score (nSPS) is 11.1. The van der Waals surface area contributed by atoms with Gasteiger partial charge in [-0.05, 0) is 12.1 Å². The molecular formula is C22H18N6O2. The molecule has 0 atom stereocenters. The molecule has 0 bridgehead atoms. The zero-order valence-corrected chi connectivity index (χ0v) is 15.9. The summed E-state index contributed by atoms with van der Waals surface area (Å²) in [6, 6.07) is 20.9. The Kier molecular flexibility index (Phi) is 4.57.